The minimum absolute atomic E-state index is 0.125. The first-order valence-corrected chi connectivity index (χ1v) is 6.40. The van der Waals surface area contributed by atoms with Crippen LogP contribution in [-0.2, 0) is 6.54 Å². The molecule has 0 unspecified atom stereocenters. The highest BCUT2D eigenvalue weighted by Crippen LogP contribution is 2.22. The molecule has 0 aliphatic carbocycles. The van der Waals surface area contributed by atoms with Gasteiger partial charge in [0.2, 0.25) is 0 Å². The van der Waals surface area contributed by atoms with Crippen LogP contribution in [0.25, 0.3) is 0 Å². The van der Waals surface area contributed by atoms with Crippen molar-refractivity contribution in [2.45, 2.75) is 6.54 Å². The zero-order valence-corrected chi connectivity index (χ0v) is 11.8. The lowest BCUT2D eigenvalue weighted by atomic mass is 10.1. The summed E-state index contributed by atoms with van der Waals surface area (Å²) >= 11 is 5.76. The number of carbonyl (C=O) groups excluding carboxylic acids is 1. The van der Waals surface area contributed by atoms with Crippen molar-refractivity contribution in [1.82, 2.24) is 4.90 Å². The van der Waals surface area contributed by atoms with E-state index in [0.29, 0.717) is 5.56 Å². The second-order valence-electron chi connectivity index (χ2n) is 4.53. The molecule has 0 saturated carbocycles. The molecular formula is C15H11ClF3NO. The van der Waals surface area contributed by atoms with Gasteiger partial charge in [-0.25, -0.2) is 13.2 Å². The maximum absolute atomic E-state index is 13.2. The molecule has 6 heteroatoms. The van der Waals surface area contributed by atoms with E-state index < -0.39 is 17.5 Å². The van der Waals surface area contributed by atoms with Gasteiger partial charge in [-0.3, -0.25) is 4.79 Å². The van der Waals surface area contributed by atoms with E-state index in [4.69, 9.17) is 11.6 Å². The van der Waals surface area contributed by atoms with E-state index in [9.17, 15) is 18.0 Å². The topological polar surface area (TPSA) is 20.3 Å². The van der Waals surface area contributed by atoms with Gasteiger partial charge in [-0.05, 0) is 29.8 Å². The largest absolute Gasteiger partial charge is 0.337 e. The van der Waals surface area contributed by atoms with Gasteiger partial charge in [0.05, 0.1) is 10.6 Å². The van der Waals surface area contributed by atoms with Gasteiger partial charge >= 0.3 is 0 Å². The highest BCUT2D eigenvalue weighted by molar-refractivity contribution is 6.33. The van der Waals surface area contributed by atoms with Crippen molar-refractivity contribution in [2.75, 3.05) is 7.05 Å². The van der Waals surface area contributed by atoms with Gasteiger partial charge in [0, 0.05) is 13.6 Å². The summed E-state index contributed by atoms with van der Waals surface area (Å²) in [5.74, 6) is -3.18. The van der Waals surface area contributed by atoms with Crippen LogP contribution in [0.5, 0.6) is 0 Å². The number of halogens is 4. The molecule has 0 spiro atoms. The molecule has 0 saturated heterocycles. The Balaban J connectivity index is 2.19. The molecule has 0 aliphatic rings. The average Bonchev–Trinajstić information content (AvgIpc) is 2.44. The first kappa shape index (κ1) is 15.4. The second kappa shape index (κ2) is 6.18. The second-order valence-corrected chi connectivity index (χ2v) is 4.94. The van der Waals surface area contributed by atoms with Gasteiger partial charge in [0.15, 0.2) is 11.6 Å². The number of hydrogen-bond donors (Lipinski definition) is 0. The first-order chi connectivity index (χ1) is 9.88. The molecule has 0 N–H and O–H groups in total. The van der Waals surface area contributed by atoms with Crippen LogP contribution in [0.3, 0.4) is 0 Å². The Morgan fingerprint density at radius 1 is 1.10 bits per heavy atom. The van der Waals surface area contributed by atoms with Crippen LogP contribution in [0.1, 0.15) is 15.9 Å². The van der Waals surface area contributed by atoms with Crippen LogP contribution in [0.2, 0.25) is 5.02 Å². The number of rotatable bonds is 3. The summed E-state index contributed by atoms with van der Waals surface area (Å²) in [7, 11) is 1.49. The minimum Gasteiger partial charge on any atom is -0.337 e. The maximum atomic E-state index is 13.2. The average molecular weight is 314 g/mol. The molecule has 0 fully saturated rings. The molecule has 1 amide bonds. The summed E-state index contributed by atoms with van der Waals surface area (Å²) in [5, 5.41) is -0.162. The van der Waals surface area contributed by atoms with E-state index in [0.717, 1.165) is 12.1 Å². The molecular weight excluding hydrogens is 303 g/mol. The lowest BCUT2D eigenvalue weighted by molar-refractivity contribution is 0.0784. The summed E-state index contributed by atoms with van der Waals surface area (Å²) in [5.41, 5.74) is 0.575. The molecule has 2 nitrogen and oxygen atoms in total. The fourth-order valence-electron chi connectivity index (χ4n) is 1.83. The third-order valence-electron chi connectivity index (χ3n) is 2.92. The Hall–Kier alpha value is -2.01. The van der Waals surface area contributed by atoms with E-state index in [1.54, 1.807) is 0 Å². The summed E-state index contributed by atoms with van der Waals surface area (Å²) in [6, 6.07) is 7.14. The van der Waals surface area contributed by atoms with Crippen LogP contribution < -0.4 is 0 Å². The minimum atomic E-state index is -1.14. The molecule has 0 aliphatic heterocycles. The van der Waals surface area contributed by atoms with Gasteiger partial charge in [-0.2, -0.15) is 0 Å². The fraction of sp³-hybridized carbons (Fsp3) is 0.133. The third-order valence-corrected chi connectivity index (χ3v) is 3.23. The van der Waals surface area contributed by atoms with Crippen LogP contribution in [0, 0.1) is 17.5 Å². The molecule has 21 heavy (non-hydrogen) atoms. The quantitative estimate of drug-likeness (QED) is 0.783. The lowest BCUT2D eigenvalue weighted by Crippen LogP contribution is -2.26. The Labute approximate surface area is 124 Å². The molecule has 0 bridgehead atoms. The van der Waals surface area contributed by atoms with Gasteiger partial charge in [-0.15, -0.1) is 0 Å². The summed E-state index contributed by atoms with van der Waals surface area (Å²) in [4.78, 5) is 13.5. The maximum Gasteiger partial charge on any atom is 0.255 e. The number of amides is 1. The van der Waals surface area contributed by atoms with Crippen molar-refractivity contribution in [3.05, 3.63) is 70.0 Å². The molecule has 2 aromatic rings. The normalized spacial score (nSPS) is 10.5. The number of benzene rings is 2. The summed E-state index contributed by atoms with van der Waals surface area (Å²) in [6.45, 7) is 0.189. The zero-order valence-electron chi connectivity index (χ0n) is 11.0. The van der Waals surface area contributed by atoms with Crippen LogP contribution in [-0.4, -0.2) is 17.9 Å². The van der Waals surface area contributed by atoms with Crippen molar-refractivity contribution < 1.29 is 18.0 Å². The summed E-state index contributed by atoms with van der Waals surface area (Å²) < 4.78 is 39.0. The molecule has 0 aromatic heterocycles. The Morgan fingerprint density at radius 3 is 2.29 bits per heavy atom. The monoisotopic (exact) mass is 313 g/mol. The highest BCUT2D eigenvalue weighted by Gasteiger charge is 2.18. The molecule has 2 aromatic carbocycles. The van der Waals surface area contributed by atoms with E-state index in [1.165, 1.54) is 36.2 Å². The zero-order chi connectivity index (χ0) is 15.6. The predicted octanol–water partition coefficient (Wildman–Crippen LogP) is 4.03. The predicted molar refractivity (Wildman–Crippen MR) is 73.6 cm³/mol. The fourth-order valence-corrected chi connectivity index (χ4v) is 2.06. The van der Waals surface area contributed by atoms with E-state index in [-0.39, 0.29) is 22.9 Å². The Morgan fingerprint density at radius 2 is 1.67 bits per heavy atom. The number of hydrogen-bond acceptors (Lipinski definition) is 1. The van der Waals surface area contributed by atoms with Crippen molar-refractivity contribution in [1.29, 1.82) is 0 Å². The van der Waals surface area contributed by atoms with Gasteiger partial charge in [0.25, 0.3) is 5.91 Å². The van der Waals surface area contributed by atoms with Crippen molar-refractivity contribution in [3.8, 4) is 0 Å². The molecule has 0 heterocycles. The van der Waals surface area contributed by atoms with Crippen LogP contribution in [0.15, 0.2) is 36.4 Å². The number of nitrogens with zero attached hydrogens (tertiary/aromatic N) is 1. The number of carbonyl (C=O) groups is 1. The van der Waals surface area contributed by atoms with Gasteiger partial charge in [-0.1, -0.05) is 23.7 Å². The third kappa shape index (κ3) is 3.55. The summed E-state index contributed by atoms with van der Waals surface area (Å²) in [6.07, 6.45) is 0. The SMILES string of the molecule is CN(Cc1ccc(F)cc1)C(=O)c1cc(F)c(F)cc1Cl. The lowest BCUT2D eigenvalue weighted by Gasteiger charge is -2.18. The highest BCUT2D eigenvalue weighted by atomic mass is 35.5. The van der Waals surface area contributed by atoms with E-state index in [1.807, 2.05) is 0 Å². The van der Waals surface area contributed by atoms with Crippen LogP contribution in [0.4, 0.5) is 13.2 Å². The van der Waals surface area contributed by atoms with E-state index >= 15 is 0 Å². The van der Waals surface area contributed by atoms with Crippen molar-refractivity contribution in [3.63, 3.8) is 0 Å². The smallest absolute Gasteiger partial charge is 0.255 e. The van der Waals surface area contributed by atoms with Crippen molar-refractivity contribution in [2.24, 2.45) is 0 Å². The van der Waals surface area contributed by atoms with Crippen molar-refractivity contribution >= 4 is 17.5 Å². The molecule has 2 rings (SSSR count). The first-order valence-electron chi connectivity index (χ1n) is 6.03. The molecule has 110 valence electrons. The molecule has 0 radical (unpaired) electrons. The van der Waals surface area contributed by atoms with Gasteiger partial charge < -0.3 is 4.90 Å². The molecule has 0 atom stereocenters. The standard InChI is InChI=1S/C15H11ClF3NO/c1-20(8-9-2-4-10(17)5-3-9)15(21)11-6-13(18)14(19)7-12(11)16/h2-7H,8H2,1H3. The Kier molecular flexibility index (Phi) is 4.53. The Bertz CT molecular complexity index is 673. The van der Waals surface area contributed by atoms with E-state index in [2.05, 4.69) is 0 Å². The van der Waals surface area contributed by atoms with Gasteiger partial charge in [0.1, 0.15) is 5.82 Å². The van der Waals surface area contributed by atoms with Crippen LogP contribution >= 0.6 is 11.6 Å².